The van der Waals surface area contributed by atoms with E-state index in [1.807, 2.05) is 36.0 Å². The number of hydrogen-bond donors (Lipinski definition) is 0. The number of nitrogens with zero attached hydrogens (tertiary/aromatic N) is 1. The first kappa shape index (κ1) is 14.1. The molecule has 0 aliphatic heterocycles. The zero-order valence-electron chi connectivity index (χ0n) is 11.4. The van der Waals surface area contributed by atoms with Crippen molar-refractivity contribution in [3.8, 4) is 16.9 Å². The van der Waals surface area contributed by atoms with Crippen molar-refractivity contribution in [3.63, 3.8) is 0 Å². The van der Waals surface area contributed by atoms with Crippen molar-refractivity contribution in [2.24, 2.45) is 0 Å². The summed E-state index contributed by atoms with van der Waals surface area (Å²) in [7, 11) is 0. The average molecular weight is 315 g/mol. The standard InChI is InChI=1S/C16H13NO2S2/c1-20-16(9-18)19-14-2-3-15-12(7-14)6-13(8-17-15)11-4-5-21-10-11/h2-10,16H,1H3. The fraction of sp³-hybridized carbons (Fsp3) is 0.125. The fourth-order valence-corrected chi connectivity index (χ4v) is 3.02. The van der Waals surface area contributed by atoms with Gasteiger partial charge in [-0.05, 0) is 52.9 Å². The highest BCUT2D eigenvalue weighted by atomic mass is 32.2. The van der Waals surface area contributed by atoms with Crippen LogP contribution in [0.1, 0.15) is 0 Å². The number of ether oxygens (including phenoxy) is 1. The molecule has 0 bridgehead atoms. The molecule has 0 aliphatic carbocycles. The van der Waals surface area contributed by atoms with E-state index in [4.69, 9.17) is 4.74 Å². The summed E-state index contributed by atoms with van der Waals surface area (Å²) in [6.07, 6.45) is 4.52. The first-order valence-electron chi connectivity index (χ1n) is 6.37. The molecule has 0 spiro atoms. The summed E-state index contributed by atoms with van der Waals surface area (Å²) in [6, 6.07) is 9.83. The Balaban J connectivity index is 1.97. The number of aromatic nitrogens is 1. The van der Waals surface area contributed by atoms with Gasteiger partial charge in [0.25, 0.3) is 0 Å². The number of benzene rings is 1. The molecule has 1 aromatic carbocycles. The van der Waals surface area contributed by atoms with E-state index in [-0.39, 0.29) is 0 Å². The van der Waals surface area contributed by atoms with Gasteiger partial charge in [0.05, 0.1) is 5.52 Å². The third-order valence-corrected chi connectivity index (χ3v) is 4.46. The highest BCUT2D eigenvalue weighted by Crippen LogP contribution is 2.27. The molecular weight excluding hydrogens is 302 g/mol. The lowest BCUT2D eigenvalue weighted by molar-refractivity contribution is -0.110. The van der Waals surface area contributed by atoms with E-state index < -0.39 is 5.44 Å². The van der Waals surface area contributed by atoms with Crippen LogP contribution in [0.25, 0.3) is 22.0 Å². The van der Waals surface area contributed by atoms with E-state index >= 15 is 0 Å². The fourth-order valence-electron chi connectivity index (χ4n) is 2.04. The monoisotopic (exact) mass is 315 g/mol. The zero-order chi connectivity index (χ0) is 14.7. The molecule has 0 radical (unpaired) electrons. The molecule has 0 amide bonds. The number of aldehydes is 1. The minimum Gasteiger partial charge on any atom is -0.472 e. The van der Waals surface area contributed by atoms with Gasteiger partial charge in [-0.1, -0.05) is 0 Å². The number of fused-ring (bicyclic) bond motifs is 1. The highest BCUT2D eigenvalue weighted by molar-refractivity contribution is 7.99. The van der Waals surface area contributed by atoms with Gasteiger partial charge in [0.1, 0.15) is 5.75 Å². The lowest BCUT2D eigenvalue weighted by Gasteiger charge is -2.11. The van der Waals surface area contributed by atoms with Crippen LogP contribution in [0.2, 0.25) is 0 Å². The third kappa shape index (κ3) is 3.09. The zero-order valence-corrected chi connectivity index (χ0v) is 13.0. The molecule has 0 saturated carbocycles. The number of thiophene rings is 1. The van der Waals surface area contributed by atoms with E-state index in [2.05, 4.69) is 22.5 Å². The van der Waals surface area contributed by atoms with Gasteiger partial charge in [0.2, 0.25) is 0 Å². The Labute approximate surface area is 131 Å². The SMILES string of the molecule is CSC(C=O)Oc1ccc2ncc(-c3ccsc3)cc2c1. The van der Waals surface area contributed by atoms with Crippen molar-refractivity contribution < 1.29 is 9.53 Å². The Morgan fingerprint density at radius 3 is 2.90 bits per heavy atom. The van der Waals surface area contributed by atoms with Crippen molar-refractivity contribution in [2.75, 3.05) is 6.26 Å². The second-order valence-electron chi connectivity index (χ2n) is 4.45. The average Bonchev–Trinajstić information content (AvgIpc) is 3.06. The quantitative estimate of drug-likeness (QED) is 0.522. The summed E-state index contributed by atoms with van der Waals surface area (Å²) in [6.45, 7) is 0. The van der Waals surface area contributed by atoms with Crippen LogP contribution in [-0.2, 0) is 4.79 Å². The van der Waals surface area contributed by atoms with Crippen molar-refractivity contribution in [2.45, 2.75) is 5.44 Å². The van der Waals surface area contributed by atoms with Gasteiger partial charge in [-0.15, -0.1) is 11.8 Å². The molecule has 0 fully saturated rings. The van der Waals surface area contributed by atoms with Gasteiger partial charge < -0.3 is 4.74 Å². The summed E-state index contributed by atoms with van der Waals surface area (Å²) >= 11 is 3.03. The molecule has 3 rings (SSSR count). The maximum Gasteiger partial charge on any atom is 0.199 e. The van der Waals surface area contributed by atoms with E-state index in [1.165, 1.54) is 11.8 Å². The molecule has 3 aromatic rings. The van der Waals surface area contributed by atoms with Gasteiger partial charge in [-0.2, -0.15) is 11.3 Å². The molecule has 3 nitrogen and oxygen atoms in total. The molecule has 1 atom stereocenters. The Morgan fingerprint density at radius 2 is 2.19 bits per heavy atom. The third-order valence-electron chi connectivity index (χ3n) is 3.10. The van der Waals surface area contributed by atoms with Crippen LogP contribution >= 0.6 is 23.1 Å². The Morgan fingerprint density at radius 1 is 1.29 bits per heavy atom. The van der Waals surface area contributed by atoms with Crippen LogP contribution < -0.4 is 4.74 Å². The summed E-state index contributed by atoms with van der Waals surface area (Å²) in [4.78, 5) is 15.3. The molecule has 1 unspecified atom stereocenters. The first-order chi connectivity index (χ1) is 10.3. The van der Waals surface area contributed by atoms with Crippen molar-refractivity contribution >= 4 is 40.3 Å². The topological polar surface area (TPSA) is 39.2 Å². The van der Waals surface area contributed by atoms with Gasteiger partial charge >= 0.3 is 0 Å². The van der Waals surface area contributed by atoms with Gasteiger partial charge in [0.15, 0.2) is 11.7 Å². The minimum atomic E-state index is -0.476. The molecular formula is C16H13NO2S2. The molecule has 0 saturated heterocycles. The number of carbonyl (C=O) groups excluding carboxylic acids is 1. The van der Waals surface area contributed by atoms with E-state index in [0.29, 0.717) is 5.75 Å². The number of hydrogen-bond acceptors (Lipinski definition) is 5. The Hall–Kier alpha value is -1.85. The smallest absolute Gasteiger partial charge is 0.199 e. The maximum absolute atomic E-state index is 10.9. The lowest BCUT2D eigenvalue weighted by atomic mass is 10.1. The number of carbonyl (C=O) groups is 1. The van der Waals surface area contributed by atoms with Crippen LogP contribution in [0, 0.1) is 0 Å². The molecule has 106 valence electrons. The number of rotatable bonds is 5. The first-order valence-corrected chi connectivity index (χ1v) is 8.60. The van der Waals surface area contributed by atoms with E-state index in [9.17, 15) is 4.79 Å². The summed E-state index contributed by atoms with van der Waals surface area (Å²) < 4.78 is 5.62. The second kappa shape index (κ2) is 6.28. The highest BCUT2D eigenvalue weighted by Gasteiger charge is 2.08. The predicted molar refractivity (Wildman–Crippen MR) is 89.1 cm³/mol. The van der Waals surface area contributed by atoms with Gasteiger partial charge in [0, 0.05) is 17.1 Å². The van der Waals surface area contributed by atoms with Crippen LogP contribution in [0.3, 0.4) is 0 Å². The number of thioether (sulfide) groups is 1. The van der Waals surface area contributed by atoms with E-state index in [0.717, 1.165) is 28.3 Å². The van der Waals surface area contributed by atoms with Gasteiger partial charge in [-0.3, -0.25) is 9.78 Å². The van der Waals surface area contributed by atoms with Crippen molar-refractivity contribution in [1.29, 1.82) is 0 Å². The van der Waals surface area contributed by atoms with Gasteiger partial charge in [-0.25, -0.2) is 0 Å². The van der Waals surface area contributed by atoms with Crippen molar-refractivity contribution in [1.82, 2.24) is 4.98 Å². The van der Waals surface area contributed by atoms with Crippen LogP contribution in [0.5, 0.6) is 5.75 Å². The molecule has 2 heterocycles. The summed E-state index contributed by atoms with van der Waals surface area (Å²) in [5, 5.41) is 5.15. The van der Waals surface area contributed by atoms with Crippen LogP contribution in [0.15, 0.2) is 47.3 Å². The summed E-state index contributed by atoms with van der Waals surface area (Å²) in [5.41, 5.74) is 2.68. The van der Waals surface area contributed by atoms with E-state index in [1.54, 1.807) is 11.3 Å². The maximum atomic E-state index is 10.9. The van der Waals surface area contributed by atoms with Crippen LogP contribution in [0.4, 0.5) is 0 Å². The minimum absolute atomic E-state index is 0.476. The summed E-state index contributed by atoms with van der Waals surface area (Å²) in [5.74, 6) is 0.679. The second-order valence-corrected chi connectivity index (χ2v) is 6.16. The molecule has 0 N–H and O–H groups in total. The molecule has 2 aromatic heterocycles. The molecule has 5 heteroatoms. The predicted octanol–water partition coefficient (Wildman–Crippen LogP) is 4.23. The largest absolute Gasteiger partial charge is 0.472 e. The molecule has 0 aliphatic rings. The normalized spacial score (nSPS) is 12.2. The van der Waals surface area contributed by atoms with Crippen molar-refractivity contribution in [3.05, 3.63) is 47.3 Å². The Bertz CT molecular complexity index is 756. The molecule has 21 heavy (non-hydrogen) atoms. The number of pyridine rings is 1. The van der Waals surface area contributed by atoms with Crippen LogP contribution in [-0.4, -0.2) is 23.0 Å². The lowest BCUT2D eigenvalue weighted by Crippen LogP contribution is -2.12. The Kier molecular flexibility index (Phi) is 4.22.